The predicted octanol–water partition coefficient (Wildman–Crippen LogP) is 1.15. The molecule has 0 fully saturated rings. The van der Waals surface area contributed by atoms with Crippen molar-refractivity contribution in [1.82, 2.24) is 5.32 Å². The van der Waals surface area contributed by atoms with Gasteiger partial charge in [-0.3, -0.25) is 14.9 Å². The molecule has 0 heterocycles. The lowest BCUT2D eigenvalue weighted by Crippen LogP contribution is -2.26. The molecule has 0 unspecified atom stereocenters. The van der Waals surface area contributed by atoms with E-state index < -0.39 is 4.92 Å². The minimum Gasteiger partial charge on any atom is -0.490 e. The molecule has 1 rings (SSSR count). The number of nitro benzene ring substituents is 1. The van der Waals surface area contributed by atoms with E-state index in [2.05, 4.69) is 10.6 Å². The van der Waals surface area contributed by atoms with E-state index in [1.165, 1.54) is 20.1 Å². The van der Waals surface area contributed by atoms with Gasteiger partial charge in [0.05, 0.1) is 12.0 Å². The van der Waals surface area contributed by atoms with E-state index in [1.54, 1.807) is 12.1 Å². The van der Waals surface area contributed by atoms with Crippen molar-refractivity contribution in [2.45, 2.75) is 6.92 Å². The summed E-state index contributed by atoms with van der Waals surface area (Å²) in [7, 11) is 1.38. The van der Waals surface area contributed by atoms with Gasteiger partial charge in [-0.15, -0.1) is 0 Å². The average molecular weight is 253 g/mol. The number of rotatable bonds is 6. The summed E-state index contributed by atoms with van der Waals surface area (Å²) in [6, 6.07) is 4.51. The number of hydrogen-bond donors (Lipinski definition) is 2. The van der Waals surface area contributed by atoms with Gasteiger partial charge in [0.1, 0.15) is 0 Å². The number of methoxy groups -OCH3 is 1. The highest BCUT2D eigenvalue weighted by Crippen LogP contribution is 2.29. The Balaban J connectivity index is 2.62. The van der Waals surface area contributed by atoms with Gasteiger partial charge >= 0.3 is 5.69 Å². The van der Waals surface area contributed by atoms with Crippen molar-refractivity contribution < 1.29 is 14.5 Å². The molecular formula is C11H15N3O4. The molecule has 1 aromatic rings. The van der Waals surface area contributed by atoms with Gasteiger partial charge in [-0.05, 0) is 6.07 Å². The SMILES string of the molecule is COc1cc(NCCNC(C)=O)ccc1[N+](=O)[O-]. The number of hydrogen-bond acceptors (Lipinski definition) is 5. The quantitative estimate of drug-likeness (QED) is 0.450. The largest absolute Gasteiger partial charge is 0.490 e. The van der Waals surface area contributed by atoms with E-state index in [4.69, 9.17) is 4.74 Å². The number of nitrogens with zero attached hydrogens (tertiary/aromatic N) is 1. The van der Waals surface area contributed by atoms with E-state index in [0.717, 1.165) is 0 Å². The molecule has 7 heteroatoms. The minimum atomic E-state index is -0.500. The second kappa shape index (κ2) is 6.43. The van der Waals surface area contributed by atoms with Gasteiger partial charge < -0.3 is 15.4 Å². The Hall–Kier alpha value is -2.31. The first-order valence-corrected chi connectivity index (χ1v) is 5.35. The average Bonchev–Trinajstić information content (AvgIpc) is 2.33. The van der Waals surface area contributed by atoms with Gasteiger partial charge in [-0.25, -0.2) is 0 Å². The lowest BCUT2D eigenvalue weighted by Gasteiger charge is -2.08. The minimum absolute atomic E-state index is 0.0788. The van der Waals surface area contributed by atoms with Crippen molar-refractivity contribution in [3.63, 3.8) is 0 Å². The number of anilines is 1. The first-order valence-electron chi connectivity index (χ1n) is 5.35. The molecule has 2 N–H and O–H groups in total. The molecule has 0 aliphatic heterocycles. The summed E-state index contributed by atoms with van der Waals surface area (Å²) in [5.41, 5.74) is 0.618. The van der Waals surface area contributed by atoms with Gasteiger partial charge in [0, 0.05) is 37.8 Å². The van der Waals surface area contributed by atoms with Crippen molar-refractivity contribution in [2.24, 2.45) is 0 Å². The van der Waals surface area contributed by atoms with E-state index in [0.29, 0.717) is 18.8 Å². The summed E-state index contributed by atoms with van der Waals surface area (Å²) in [4.78, 5) is 20.8. The molecule has 1 amide bonds. The Morgan fingerprint density at radius 3 is 2.72 bits per heavy atom. The zero-order valence-corrected chi connectivity index (χ0v) is 10.2. The molecule has 98 valence electrons. The van der Waals surface area contributed by atoms with E-state index >= 15 is 0 Å². The highest BCUT2D eigenvalue weighted by Gasteiger charge is 2.14. The second-order valence-corrected chi connectivity index (χ2v) is 3.55. The van der Waals surface area contributed by atoms with Crippen molar-refractivity contribution >= 4 is 17.3 Å². The third-order valence-corrected chi connectivity index (χ3v) is 2.20. The second-order valence-electron chi connectivity index (χ2n) is 3.55. The van der Waals surface area contributed by atoms with Gasteiger partial charge in [0.25, 0.3) is 0 Å². The maximum atomic E-state index is 10.7. The Labute approximate surface area is 104 Å². The van der Waals surface area contributed by atoms with Crippen LogP contribution in [0.5, 0.6) is 5.75 Å². The molecule has 0 aliphatic rings. The molecule has 0 bridgehead atoms. The topological polar surface area (TPSA) is 93.5 Å². The fraction of sp³-hybridized carbons (Fsp3) is 0.364. The zero-order chi connectivity index (χ0) is 13.5. The number of benzene rings is 1. The third kappa shape index (κ3) is 3.93. The maximum absolute atomic E-state index is 10.7. The van der Waals surface area contributed by atoms with Crippen LogP contribution in [0.25, 0.3) is 0 Å². The van der Waals surface area contributed by atoms with Crippen LogP contribution in [0.4, 0.5) is 11.4 Å². The molecule has 0 aliphatic carbocycles. The van der Waals surface area contributed by atoms with E-state index in [-0.39, 0.29) is 17.3 Å². The number of ether oxygens (including phenoxy) is 1. The van der Waals surface area contributed by atoms with Crippen LogP contribution < -0.4 is 15.4 Å². The summed E-state index contributed by atoms with van der Waals surface area (Å²) < 4.78 is 4.94. The van der Waals surface area contributed by atoms with Gasteiger partial charge in [-0.2, -0.15) is 0 Å². The molecule has 7 nitrogen and oxygen atoms in total. The van der Waals surface area contributed by atoms with Crippen LogP contribution in [0.15, 0.2) is 18.2 Å². The molecule has 0 saturated heterocycles. The number of nitro groups is 1. The van der Waals surface area contributed by atoms with Gasteiger partial charge in [0.2, 0.25) is 5.91 Å². The number of carbonyl (C=O) groups excluding carboxylic acids is 1. The third-order valence-electron chi connectivity index (χ3n) is 2.20. The molecule has 0 aromatic heterocycles. The lowest BCUT2D eigenvalue weighted by atomic mass is 10.2. The van der Waals surface area contributed by atoms with Crippen molar-refractivity contribution in [3.05, 3.63) is 28.3 Å². The highest BCUT2D eigenvalue weighted by atomic mass is 16.6. The Kier molecular flexibility index (Phi) is 4.91. The Morgan fingerprint density at radius 1 is 1.44 bits per heavy atom. The van der Waals surface area contributed by atoms with Crippen LogP contribution in [-0.4, -0.2) is 31.0 Å². The van der Waals surface area contributed by atoms with E-state index in [9.17, 15) is 14.9 Å². The van der Waals surface area contributed by atoms with E-state index in [1.807, 2.05) is 0 Å². The fourth-order valence-corrected chi connectivity index (χ4v) is 1.38. The molecule has 0 radical (unpaired) electrons. The van der Waals surface area contributed by atoms with Gasteiger partial charge in [0.15, 0.2) is 5.75 Å². The number of amides is 1. The molecule has 0 atom stereocenters. The summed E-state index contributed by atoms with van der Waals surface area (Å²) in [6.45, 7) is 2.45. The van der Waals surface area contributed by atoms with Crippen LogP contribution >= 0.6 is 0 Å². The molecule has 1 aromatic carbocycles. The first-order chi connectivity index (χ1) is 8.54. The Bertz CT molecular complexity index is 448. The molecule has 0 saturated carbocycles. The normalized spacial score (nSPS) is 9.67. The summed E-state index contributed by atoms with van der Waals surface area (Å²) in [5.74, 6) is 0.0996. The van der Waals surface area contributed by atoms with Crippen molar-refractivity contribution in [2.75, 3.05) is 25.5 Å². The Morgan fingerprint density at radius 2 is 2.17 bits per heavy atom. The molecular weight excluding hydrogens is 238 g/mol. The number of nitrogens with one attached hydrogen (secondary N) is 2. The molecule has 18 heavy (non-hydrogen) atoms. The summed E-state index contributed by atoms with van der Waals surface area (Å²) in [6.07, 6.45) is 0. The molecule has 0 spiro atoms. The number of carbonyl (C=O) groups is 1. The monoisotopic (exact) mass is 253 g/mol. The van der Waals surface area contributed by atoms with Crippen molar-refractivity contribution in [3.8, 4) is 5.75 Å². The van der Waals surface area contributed by atoms with Crippen LogP contribution in [0.1, 0.15) is 6.92 Å². The maximum Gasteiger partial charge on any atom is 0.311 e. The summed E-state index contributed by atoms with van der Waals surface area (Å²) >= 11 is 0. The summed E-state index contributed by atoms with van der Waals surface area (Å²) in [5, 5.41) is 16.3. The lowest BCUT2D eigenvalue weighted by molar-refractivity contribution is -0.385. The smallest absolute Gasteiger partial charge is 0.311 e. The van der Waals surface area contributed by atoms with Crippen LogP contribution in [0, 0.1) is 10.1 Å². The van der Waals surface area contributed by atoms with Crippen LogP contribution in [0.3, 0.4) is 0 Å². The predicted molar refractivity (Wildman–Crippen MR) is 66.8 cm³/mol. The van der Waals surface area contributed by atoms with Crippen molar-refractivity contribution in [1.29, 1.82) is 0 Å². The first kappa shape index (κ1) is 13.8. The zero-order valence-electron chi connectivity index (χ0n) is 10.2. The van der Waals surface area contributed by atoms with Gasteiger partial charge in [-0.1, -0.05) is 0 Å². The highest BCUT2D eigenvalue weighted by molar-refractivity contribution is 5.72. The fourth-order valence-electron chi connectivity index (χ4n) is 1.38. The van der Waals surface area contributed by atoms with Crippen LogP contribution in [-0.2, 0) is 4.79 Å². The standard InChI is InChI=1S/C11H15N3O4/c1-8(15)12-5-6-13-9-3-4-10(14(16)17)11(7-9)18-2/h3-4,7,13H,5-6H2,1-2H3,(H,12,15). The van der Waals surface area contributed by atoms with Crippen LogP contribution in [0.2, 0.25) is 0 Å².